The third kappa shape index (κ3) is 5.31. The molecule has 9 heteroatoms. The van der Waals surface area contributed by atoms with Crippen molar-refractivity contribution in [3.63, 3.8) is 0 Å². The number of thiazole rings is 1. The fourth-order valence-electron chi connectivity index (χ4n) is 4.27. The Morgan fingerprint density at radius 3 is 2.89 bits per heavy atom. The van der Waals surface area contributed by atoms with Gasteiger partial charge in [-0.15, -0.1) is 11.3 Å². The van der Waals surface area contributed by atoms with E-state index in [4.69, 9.17) is 9.47 Å². The van der Waals surface area contributed by atoms with E-state index in [0.717, 1.165) is 41.4 Å². The normalized spacial score (nSPS) is 15.4. The summed E-state index contributed by atoms with van der Waals surface area (Å²) in [5, 5.41) is 5.06. The lowest BCUT2D eigenvalue weighted by Gasteiger charge is -2.26. The summed E-state index contributed by atoms with van der Waals surface area (Å²) in [5.74, 6) is 0.345. The number of carbonyl (C=O) groups is 1. The van der Waals surface area contributed by atoms with Gasteiger partial charge in [0.2, 0.25) is 0 Å². The zero-order valence-electron chi connectivity index (χ0n) is 19.4. The Morgan fingerprint density at radius 2 is 2.11 bits per heavy atom. The second kappa shape index (κ2) is 10.5. The van der Waals surface area contributed by atoms with E-state index in [1.165, 1.54) is 12.1 Å². The molecule has 1 fully saturated rings. The molecule has 182 valence electrons. The summed E-state index contributed by atoms with van der Waals surface area (Å²) in [6.45, 7) is 1.79. The number of benzene rings is 2. The van der Waals surface area contributed by atoms with Gasteiger partial charge < -0.3 is 19.7 Å². The number of hydrogen-bond donors (Lipinski definition) is 1. The number of halogens is 1. The number of hydrogen-bond acceptors (Lipinski definition) is 5. The Bertz CT molecular complexity index is 1300. The number of imidazole rings is 1. The standard InChI is InChI=1S/C26H27FN4O3S/c1-33-24-7-3-2-6-22(24)28-25(32)30(15-21-5-4-14-34-21)13-12-20-17-35-26-29-23(16-31(20)26)18-8-10-19(27)11-9-18/h2-3,6-11,16-17,21H,4-5,12-15H2,1H3,(H,28,32). The smallest absolute Gasteiger partial charge is 0.322 e. The first-order chi connectivity index (χ1) is 17.1. The Balaban J connectivity index is 1.32. The van der Waals surface area contributed by atoms with E-state index in [-0.39, 0.29) is 18.0 Å². The average Bonchev–Trinajstić information content (AvgIpc) is 3.61. The number of nitrogens with one attached hydrogen (secondary N) is 1. The van der Waals surface area contributed by atoms with Crippen molar-refractivity contribution < 1.29 is 18.7 Å². The van der Waals surface area contributed by atoms with Crippen molar-refractivity contribution >= 4 is 28.0 Å². The van der Waals surface area contributed by atoms with Crippen LogP contribution in [0.2, 0.25) is 0 Å². The van der Waals surface area contributed by atoms with Gasteiger partial charge in [0.05, 0.1) is 24.6 Å². The van der Waals surface area contributed by atoms with Crippen molar-refractivity contribution in [2.45, 2.75) is 25.4 Å². The van der Waals surface area contributed by atoms with Crippen LogP contribution >= 0.6 is 11.3 Å². The number of nitrogens with zero attached hydrogens (tertiary/aromatic N) is 3. The highest BCUT2D eigenvalue weighted by atomic mass is 32.1. The molecule has 1 aliphatic heterocycles. The summed E-state index contributed by atoms with van der Waals surface area (Å²) in [5.41, 5.74) is 3.36. The van der Waals surface area contributed by atoms with Crippen LogP contribution in [0.1, 0.15) is 18.5 Å². The predicted octanol–water partition coefficient (Wildman–Crippen LogP) is 5.47. The molecule has 35 heavy (non-hydrogen) atoms. The van der Waals surface area contributed by atoms with Crippen molar-refractivity contribution in [2.75, 3.05) is 32.1 Å². The summed E-state index contributed by atoms with van der Waals surface area (Å²) in [6, 6.07) is 13.5. The van der Waals surface area contributed by atoms with Crippen LogP contribution < -0.4 is 10.1 Å². The lowest BCUT2D eigenvalue weighted by atomic mass is 10.2. The molecule has 1 aliphatic rings. The van der Waals surface area contributed by atoms with E-state index in [2.05, 4.69) is 15.7 Å². The monoisotopic (exact) mass is 494 g/mol. The van der Waals surface area contributed by atoms with Crippen molar-refractivity contribution in [3.8, 4) is 17.0 Å². The highest BCUT2D eigenvalue weighted by molar-refractivity contribution is 7.15. The van der Waals surface area contributed by atoms with Crippen LogP contribution in [0.25, 0.3) is 16.2 Å². The second-order valence-electron chi connectivity index (χ2n) is 8.47. The van der Waals surface area contributed by atoms with Crippen molar-refractivity contribution in [1.82, 2.24) is 14.3 Å². The third-order valence-electron chi connectivity index (χ3n) is 6.15. The first kappa shape index (κ1) is 23.3. The zero-order valence-corrected chi connectivity index (χ0v) is 20.3. The molecular formula is C26H27FN4O3S. The molecule has 2 aromatic heterocycles. The van der Waals surface area contributed by atoms with Gasteiger partial charge in [-0.1, -0.05) is 12.1 Å². The molecule has 0 spiro atoms. The number of aromatic nitrogens is 2. The number of para-hydroxylation sites is 2. The quantitative estimate of drug-likeness (QED) is 0.353. The van der Waals surface area contributed by atoms with E-state index in [9.17, 15) is 9.18 Å². The molecule has 0 radical (unpaired) electrons. The molecule has 7 nitrogen and oxygen atoms in total. The van der Waals surface area contributed by atoms with Gasteiger partial charge in [0.1, 0.15) is 11.6 Å². The molecule has 5 rings (SSSR count). The Morgan fingerprint density at radius 1 is 1.29 bits per heavy atom. The van der Waals surface area contributed by atoms with Crippen LogP contribution in [-0.2, 0) is 11.2 Å². The van der Waals surface area contributed by atoms with Gasteiger partial charge in [-0.25, -0.2) is 14.2 Å². The minimum Gasteiger partial charge on any atom is -0.495 e. The summed E-state index contributed by atoms with van der Waals surface area (Å²) in [6.07, 6.45) is 4.63. The predicted molar refractivity (Wildman–Crippen MR) is 135 cm³/mol. The third-order valence-corrected chi connectivity index (χ3v) is 7.03. The number of ether oxygens (including phenoxy) is 2. The Labute approximate surface area is 207 Å². The number of fused-ring (bicyclic) bond motifs is 1. The topological polar surface area (TPSA) is 68.1 Å². The lowest BCUT2D eigenvalue weighted by Crippen LogP contribution is -2.41. The molecule has 2 aromatic carbocycles. The summed E-state index contributed by atoms with van der Waals surface area (Å²) in [7, 11) is 1.59. The average molecular weight is 495 g/mol. The fraction of sp³-hybridized carbons (Fsp3) is 0.308. The number of rotatable bonds is 8. The minimum atomic E-state index is -0.270. The summed E-state index contributed by atoms with van der Waals surface area (Å²) in [4.78, 5) is 20.6. The maximum Gasteiger partial charge on any atom is 0.322 e. The van der Waals surface area contributed by atoms with Crippen LogP contribution in [0.15, 0.2) is 60.1 Å². The van der Waals surface area contributed by atoms with E-state index < -0.39 is 0 Å². The SMILES string of the molecule is COc1ccccc1NC(=O)N(CCc1csc2nc(-c3ccc(F)cc3)cn12)CC1CCCO1. The number of carbonyl (C=O) groups excluding carboxylic acids is 1. The molecule has 0 bridgehead atoms. The molecular weight excluding hydrogens is 467 g/mol. The van der Waals surface area contributed by atoms with Gasteiger partial charge in [0, 0.05) is 49.0 Å². The van der Waals surface area contributed by atoms with Crippen LogP contribution in [-0.4, -0.2) is 53.2 Å². The van der Waals surface area contributed by atoms with Gasteiger partial charge in [0.15, 0.2) is 4.96 Å². The van der Waals surface area contributed by atoms with E-state index in [1.54, 1.807) is 30.6 Å². The van der Waals surface area contributed by atoms with Crippen LogP contribution in [0.3, 0.4) is 0 Å². The summed E-state index contributed by atoms with van der Waals surface area (Å²) < 4.78 is 26.5. The zero-order chi connectivity index (χ0) is 24.2. The molecule has 0 aliphatic carbocycles. The van der Waals surface area contributed by atoms with Gasteiger partial charge in [-0.05, 0) is 49.2 Å². The van der Waals surface area contributed by atoms with Crippen LogP contribution in [0.5, 0.6) is 5.75 Å². The van der Waals surface area contributed by atoms with Crippen molar-refractivity contribution in [2.24, 2.45) is 0 Å². The Hall–Kier alpha value is -3.43. The number of amides is 2. The maximum atomic E-state index is 13.3. The molecule has 3 heterocycles. The second-order valence-corrected chi connectivity index (χ2v) is 9.31. The number of anilines is 1. The highest BCUT2D eigenvalue weighted by Crippen LogP contribution is 2.26. The van der Waals surface area contributed by atoms with Crippen molar-refractivity contribution in [3.05, 3.63) is 71.6 Å². The van der Waals surface area contributed by atoms with Crippen LogP contribution in [0, 0.1) is 5.82 Å². The Kier molecular flexibility index (Phi) is 6.96. The van der Waals surface area contributed by atoms with Crippen molar-refractivity contribution in [1.29, 1.82) is 0 Å². The van der Waals surface area contributed by atoms with Crippen LogP contribution in [0.4, 0.5) is 14.9 Å². The minimum absolute atomic E-state index is 0.0410. The fourth-order valence-corrected chi connectivity index (χ4v) is 5.18. The molecule has 2 amide bonds. The maximum absolute atomic E-state index is 13.3. The summed E-state index contributed by atoms with van der Waals surface area (Å²) >= 11 is 1.55. The molecule has 1 saturated heterocycles. The first-order valence-corrected chi connectivity index (χ1v) is 12.5. The highest BCUT2D eigenvalue weighted by Gasteiger charge is 2.24. The molecule has 1 atom stereocenters. The molecule has 4 aromatic rings. The van der Waals surface area contributed by atoms with E-state index in [1.807, 2.05) is 39.8 Å². The molecule has 1 unspecified atom stereocenters. The van der Waals surface area contributed by atoms with Gasteiger partial charge >= 0.3 is 6.03 Å². The van der Waals surface area contributed by atoms with E-state index >= 15 is 0 Å². The van der Waals surface area contributed by atoms with Gasteiger partial charge in [-0.3, -0.25) is 4.40 Å². The first-order valence-electron chi connectivity index (χ1n) is 11.6. The molecule has 1 N–H and O–H groups in total. The largest absolute Gasteiger partial charge is 0.495 e. The van der Waals surface area contributed by atoms with E-state index in [0.29, 0.717) is 30.9 Å². The van der Waals surface area contributed by atoms with Gasteiger partial charge in [-0.2, -0.15) is 0 Å². The molecule has 0 saturated carbocycles. The van der Waals surface area contributed by atoms with Gasteiger partial charge in [0.25, 0.3) is 0 Å². The number of urea groups is 1. The number of methoxy groups -OCH3 is 1. The lowest BCUT2D eigenvalue weighted by molar-refractivity contribution is 0.0838.